The van der Waals surface area contributed by atoms with Crippen molar-refractivity contribution < 1.29 is 5.11 Å². The zero-order valence-electron chi connectivity index (χ0n) is 6.49. The molecular weight excluding hydrogens is 160 g/mol. The molecule has 0 aromatic carbocycles. The monoisotopic (exact) mass is 174 g/mol. The smallest absolute Gasteiger partial charge is 0.0460 e. The Labute approximate surface area is 71.6 Å². The van der Waals surface area contributed by atoms with Crippen LogP contribution in [-0.2, 0) is 0 Å². The highest BCUT2D eigenvalue weighted by Gasteiger charge is 1.83. The quantitative estimate of drug-likeness (QED) is 0.341. The van der Waals surface area contributed by atoms with Crippen molar-refractivity contribution in [2.75, 3.05) is 19.0 Å². The van der Waals surface area contributed by atoms with Crippen LogP contribution in [-0.4, -0.2) is 30.9 Å². The van der Waals surface area contributed by atoms with E-state index in [1.807, 2.05) is 5.41 Å². The van der Waals surface area contributed by atoms with Crippen LogP contribution < -0.4 is 5.32 Å². The Morgan fingerprint density at radius 3 is 3.09 bits per heavy atom. The molecule has 11 heavy (non-hydrogen) atoms. The molecule has 0 aromatic rings. The van der Waals surface area contributed by atoms with Crippen molar-refractivity contribution in [3.8, 4) is 0 Å². The summed E-state index contributed by atoms with van der Waals surface area (Å²) in [6, 6.07) is 0. The van der Waals surface area contributed by atoms with E-state index in [9.17, 15) is 0 Å². The summed E-state index contributed by atoms with van der Waals surface area (Å²) >= 11 is 1.62. The first-order valence-electron chi connectivity index (χ1n) is 3.46. The summed E-state index contributed by atoms with van der Waals surface area (Å²) in [6.07, 6.45) is 2.46. The van der Waals surface area contributed by atoms with E-state index in [-0.39, 0.29) is 6.61 Å². The Kier molecular flexibility index (Phi) is 9.40. The maximum absolute atomic E-state index is 8.42. The lowest BCUT2D eigenvalue weighted by Gasteiger charge is -1.98. The Hall–Kier alpha value is -0.320. The molecule has 64 valence electrons. The molecule has 0 aliphatic carbocycles. The van der Waals surface area contributed by atoms with Crippen molar-refractivity contribution >= 4 is 18.5 Å². The second-order valence-electron chi connectivity index (χ2n) is 1.86. The van der Waals surface area contributed by atoms with E-state index in [0.717, 1.165) is 18.8 Å². The van der Waals surface area contributed by atoms with E-state index >= 15 is 0 Å². The maximum Gasteiger partial charge on any atom is 0.0460 e. The molecule has 0 spiro atoms. The molecule has 0 saturated carbocycles. The zero-order chi connectivity index (χ0) is 8.36. The van der Waals surface area contributed by atoms with Gasteiger partial charge in [0.1, 0.15) is 0 Å². The molecule has 3 nitrogen and oxygen atoms in total. The molecule has 0 bridgehead atoms. The van der Waals surface area contributed by atoms with Gasteiger partial charge < -0.3 is 10.4 Å². The number of hydrogen-bond donors (Lipinski definition) is 2. The van der Waals surface area contributed by atoms with Crippen LogP contribution in [0.2, 0.25) is 0 Å². The van der Waals surface area contributed by atoms with Gasteiger partial charge in [-0.25, -0.2) is 0 Å². The van der Waals surface area contributed by atoms with Crippen LogP contribution in [0.5, 0.6) is 0 Å². The molecule has 0 unspecified atom stereocenters. The van der Waals surface area contributed by atoms with Crippen LogP contribution in [0.1, 0.15) is 6.42 Å². The average Bonchev–Trinajstić information content (AvgIpc) is 2.03. The highest BCUT2D eigenvalue weighted by molar-refractivity contribution is 8.02. The van der Waals surface area contributed by atoms with E-state index in [0.29, 0.717) is 0 Å². The molecule has 0 amide bonds. The lowest BCUT2D eigenvalue weighted by Crippen LogP contribution is -2.14. The molecule has 4 heteroatoms. The van der Waals surface area contributed by atoms with E-state index in [1.54, 1.807) is 18.0 Å². The third-order valence-corrected chi connectivity index (χ3v) is 1.64. The lowest BCUT2D eigenvalue weighted by atomic mass is 10.5. The third kappa shape index (κ3) is 9.68. The van der Waals surface area contributed by atoms with Gasteiger partial charge in [-0.15, -0.1) is 11.8 Å². The topological polar surface area (TPSA) is 44.6 Å². The number of rotatable bonds is 7. The molecular formula is C7H14N2OS. The average molecular weight is 174 g/mol. The van der Waals surface area contributed by atoms with E-state index in [2.05, 4.69) is 17.0 Å². The Morgan fingerprint density at radius 2 is 2.45 bits per heavy atom. The van der Waals surface area contributed by atoms with Gasteiger partial charge in [0.05, 0.1) is 0 Å². The second kappa shape index (κ2) is 9.68. The van der Waals surface area contributed by atoms with Gasteiger partial charge in [0.25, 0.3) is 0 Å². The second-order valence-corrected chi connectivity index (χ2v) is 2.75. The standard InChI is InChI=1S/C7H14N2OS/c1-8-4-6-11-7-9-3-2-5-10/h4,6,9-10H,1-3,5,7H2/b6-4-. The maximum atomic E-state index is 8.42. The van der Waals surface area contributed by atoms with E-state index < -0.39 is 0 Å². The van der Waals surface area contributed by atoms with Gasteiger partial charge in [0, 0.05) is 18.7 Å². The Bertz CT molecular complexity index is 117. The van der Waals surface area contributed by atoms with Gasteiger partial charge in [-0.2, -0.15) is 0 Å². The minimum Gasteiger partial charge on any atom is -0.396 e. The number of thioether (sulfide) groups is 1. The number of nitrogens with one attached hydrogen (secondary N) is 1. The van der Waals surface area contributed by atoms with Crippen LogP contribution in [0, 0.1) is 0 Å². The highest BCUT2D eigenvalue weighted by Crippen LogP contribution is 1.97. The number of aliphatic imine (C=N–C) groups is 1. The predicted molar refractivity (Wildman–Crippen MR) is 50.9 cm³/mol. The number of aliphatic hydroxyl groups is 1. The summed E-state index contributed by atoms with van der Waals surface area (Å²) < 4.78 is 0. The summed E-state index contributed by atoms with van der Waals surface area (Å²) in [5, 5.41) is 13.4. The first-order chi connectivity index (χ1) is 5.41. The van der Waals surface area contributed by atoms with Crippen LogP contribution in [0.25, 0.3) is 0 Å². The fraction of sp³-hybridized carbons (Fsp3) is 0.571. The first-order valence-corrected chi connectivity index (χ1v) is 4.50. The molecule has 0 aromatic heterocycles. The molecule has 0 radical (unpaired) electrons. The third-order valence-electron chi connectivity index (χ3n) is 0.960. The van der Waals surface area contributed by atoms with Gasteiger partial charge in [-0.1, -0.05) is 0 Å². The van der Waals surface area contributed by atoms with Crippen molar-refractivity contribution in [3.63, 3.8) is 0 Å². The van der Waals surface area contributed by atoms with Gasteiger partial charge in [0.2, 0.25) is 0 Å². The fourth-order valence-electron chi connectivity index (χ4n) is 0.469. The van der Waals surface area contributed by atoms with Gasteiger partial charge >= 0.3 is 0 Å². The summed E-state index contributed by atoms with van der Waals surface area (Å²) in [7, 11) is 0. The molecule has 0 aliphatic heterocycles. The van der Waals surface area contributed by atoms with Crippen molar-refractivity contribution in [2.45, 2.75) is 6.42 Å². The van der Waals surface area contributed by atoms with Gasteiger partial charge in [-0.3, -0.25) is 4.99 Å². The summed E-state index contributed by atoms with van der Waals surface area (Å²) in [4.78, 5) is 3.55. The van der Waals surface area contributed by atoms with Crippen LogP contribution in [0.3, 0.4) is 0 Å². The van der Waals surface area contributed by atoms with Crippen molar-refractivity contribution in [3.05, 3.63) is 11.6 Å². The summed E-state index contributed by atoms with van der Waals surface area (Å²) in [5.74, 6) is 0.853. The first kappa shape index (κ1) is 10.7. The molecule has 0 aliphatic rings. The zero-order valence-corrected chi connectivity index (χ0v) is 7.31. The largest absolute Gasteiger partial charge is 0.396 e. The van der Waals surface area contributed by atoms with Gasteiger partial charge in [0.15, 0.2) is 0 Å². The molecule has 0 fully saturated rings. The van der Waals surface area contributed by atoms with Crippen LogP contribution in [0.4, 0.5) is 0 Å². The van der Waals surface area contributed by atoms with E-state index in [4.69, 9.17) is 5.11 Å². The predicted octanol–water partition coefficient (Wildman–Crippen LogP) is 0.821. The minimum absolute atomic E-state index is 0.252. The Balaban J connectivity index is 2.90. The van der Waals surface area contributed by atoms with Crippen molar-refractivity contribution in [2.24, 2.45) is 4.99 Å². The number of hydrogen-bond acceptors (Lipinski definition) is 4. The summed E-state index contributed by atoms with van der Waals surface area (Å²) in [5.41, 5.74) is 0. The van der Waals surface area contributed by atoms with Crippen molar-refractivity contribution in [1.82, 2.24) is 5.32 Å². The molecule has 0 atom stereocenters. The Morgan fingerprint density at radius 1 is 1.64 bits per heavy atom. The molecule has 0 rings (SSSR count). The lowest BCUT2D eigenvalue weighted by molar-refractivity contribution is 0.287. The normalized spacial score (nSPS) is 10.6. The minimum atomic E-state index is 0.252. The summed E-state index contributed by atoms with van der Waals surface area (Å²) in [6.45, 7) is 4.42. The number of nitrogens with zero attached hydrogens (tertiary/aromatic N) is 1. The van der Waals surface area contributed by atoms with Crippen molar-refractivity contribution in [1.29, 1.82) is 0 Å². The van der Waals surface area contributed by atoms with Crippen LogP contribution >= 0.6 is 11.8 Å². The highest BCUT2D eigenvalue weighted by atomic mass is 32.2. The fourth-order valence-corrected chi connectivity index (χ4v) is 1.000. The SMILES string of the molecule is C=N/C=C\SCNCCCO. The van der Waals surface area contributed by atoms with Crippen LogP contribution in [0.15, 0.2) is 16.6 Å². The van der Waals surface area contributed by atoms with Gasteiger partial charge in [-0.05, 0) is 25.1 Å². The molecule has 2 N–H and O–H groups in total. The molecule has 0 saturated heterocycles. The van der Waals surface area contributed by atoms with E-state index in [1.165, 1.54) is 0 Å². The molecule has 0 heterocycles. The number of aliphatic hydroxyl groups excluding tert-OH is 1.